The molecule has 0 saturated heterocycles. The number of hydrogen-bond donors (Lipinski definition) is 3. The number of amides is 3. The van der Waals surface area contributed by atoms with E-state index in [1.165, 1.54) is 0 Å². The van der Waals surface area contributed by atoms with Gasteiger partial charge in [0.15, 0.2) is 6.61 Å². The second-order valence-electron chi connectivity index (χ2n) is 6.59. The normalized spacial score (nSPS) is 10.2. The number of nitrogens with one attached hydrogen (secondary N) is 3. The molecular weight excluding hydrogens is 420 g/mol. The van der Waals surface area contributed by atoms with Gasteiger partial charge >= 0.3 is 0 Å². The van der Waals surface area contributed by atoms with Crippen LogP contribution < -0.4 is 20.9 Å². The second-order valence-corrected chi connectivity index (χ2v) is 6.59. The van der Waals surface area contributed by atoms with Crippen LogP contribution in [0.3, 0.4) is 0 Å². The van der Waals surface area contributed by atoms with E-state index in [0.29, 0.717) is 11.8 Å². The highest BCUT2D eigenvalue weighted by Gasteiger charge is 2.12. The third-order valence-corrected chi connectivity index (χ3v) is 4.21. The Hall–Kier alpha value is -4.27. The Morgan fingerprint density at radius 3 is 2.12 bits per heavy atom. The number of hydrogen-bond acceptors (Lipinski definition) is 4. The summed E-state index contributed by atoms with van der Waals surface area (Å²) in [5, 5.41) is 2.19. The Bertz CT molecular complexity index is 1100. The van der Waals surface area contributed by atoms with E-state index in [0.717, 1.165) is 23.3 Å². The predicted molar refractivity (Wildman–Crippen MR) is 112 cm³/mol. The van der Waals surface area contributed by atoms with Gasteiger partial charge in [-0.2, -0.15) is 0 Å². The molecule has 32 heavy (non-hydrogen) atoms. The Labute approximate surface area is 182 Å². The number of carbonyl (C=O) groups excluding carboxylic acids is 3. The van der Waals surface area contributed by atoms with E-state index < -0.39 is 35.9 Å². The van der Waals surface area contributed by atoms with Gasteiger partial charge in [-0.05, 0) is 23.8 Å². The molecule has 0 fully saturated rings. The van der Waals surface area contributed by atoms with Gasteiger partial charge in [0.05, 0.1) is 6.54 Å². The third kappa shape index (κ3) is 6.36. The van der Waals surface area contributed by atoms with Crippen molar-refractivity contribution in [2.45, 2.75) is 0 Å². The molecule has 0 bridgehead atoms. The number of para-hydroxylation sites is 1. The van der Waals surface area contributed by atoms with Gasteiger partial charge in [-0.1, -0.05) is 48.5 Å². The summed E-state index contributed by atoms with van der Waals surface area (Å²) >= 11 is 0. The first-order valence-electron chi connectivity index (χ1n) is 9.51. The molecule has 3 amide bonds. The van der Waals surface area contributed by atoms with Gasteiger partial charge in [-0.15, -0.1) is 0 Å². The van der Waals surface area contributed by atoms with Crippen LogP contribution in [-0.2, 0) is 9.59 Å². The second kappa shape index (κ2) is 10.7. The highest BCUT2D eigenvalue weighted by molar-refractivity contribution is 5.96. The number of benzene rings is 3. The average Bonchev–Trinajstić information content (AvgIpc) is 2.80. The molecule has 9 heteroatoms. The van der Waals surface area contributed by atoms with E-state index in [2.05, 4.69) is 16.2 Å². The first kappa shape index (κ1) is 22.4. The molecule has 0 aliphatic heterocycles. The van der Waals surface area contributed by atoms with Gasteiger partial charge in [0.1, 0.15) is 17.4 Å². The van der Waals surface area contributed by atoms with Crippen LogP contribution >= 0.6 is 0 Å². The van der Waals surface area contributed by atoms with Crippen LogP contribution in [0, 0.1) is 11.6 Å². The molecule has 0 saturated carbocycles. The molecule has 0 aliphatic rings. The summed E-state index contributed by atoms with van der Waals surface area (Å²) in [4.78, 5) is 35.7. The Morgan fingerprint density at radius 2 is 1.41 bits per heavy atom. The van der Waals surface area contributed by atoms with Crippen molar-refractivity contribution in [1.82, 2.24) is 16.2 Å². The highest BCUT2D eigenvalue weighted by atomic mass is 19.1. The fourth-order valence-corrected chi connectivity index (χ4v) is 2.76. The van der Waals surface area contributed by atoms with Crippen molar-refractivity contribution in [3.63, 3.8) is 0 Å². The molecule has 0 radical (unpaired) electrons. The lowest BCUT2D eigenvalue weighted by Gasteiger charge is -2.12. The minimum Gasteiger partial charge on any atom is -0.483 e. The van der Waals surface area contributed by atoms with Gasteiger partial charge in [-0.3, -0.25) is 25.2 Å². The van der Waals surface area contributed by atoms with Crippen molar-refractivity contribution >= 4 is 17.7 Å². The smallest absolute Gasteiger partial charge is 0.276 e. The van der Waals surface area contributed by atoms with Gasteiger partial charge in [0, 0.05) is 17.2 Å². The van der Waals surface area contributed by atoms with Crippen LogP contribution in [0.4, 0.5) is 8.78 Å². The van der Waals surface area contributed by atoms with Crippen molar-refractivity contribution in [2.75, 3.05) is 13.2 Å². The summed E-state index contributed by atoms with van der Waals surface area (Å²) in [6, 6.07) is 19.0. The first-order chi connectivity index (χ1) is 15.4. The maximum atomic E-state index is 13.2. The quantitative estimate of drug-likeness (QED) is 0.493. The van der Waals surface area contributed by atoms with Gasteiger partial charge < -0.3 is 10.1 Å². The van der Waals surface area contributed by atoms with E-state index in [4.69, 9.17) is 4.74 Å². The summed E-state index contributed by atoms with van der Waals surface area (Å²) in [6.07, 6.45) is 0. The maximum Gasteiger partial charge on any atom is 0.276 e. The number of halogens is 2. The fourth-order valence-electron chi connectivity index (χ4n) is 2.76. The monoisotopic (exact) mass is 439 g/mol. The standard InChI is InChI=1S/C23H19F2N3O4/c24-17-10-16(11-18(25)12-17)23(31)26-13-21(29)27-28-22(30)14-32-20-9-5-4-8-19(20)15-6-2-1-3-7-15/h1-12H,13-14H2,(H,26,31)(H,27,29)(H,28,30). The molecule has 0 aliphatic carbocycles. The molecule has 0 unspecified atom stereocenters. The molecule has 3 rings (SSSR count). The van der Waals surface area contributed by atoms with Crippen molar-refractivity contribution < 1.29 is 27.9 Å². The van der Waals surface area contributed by atoms with Crippen LogP contribution in [-0.4, -0.2) is 30.9 Å². The van der Waals surface area contributed by atoms with Gasteiger partial charge in [0.2, 0.25) is 0 Å². The van der Waals surface area contributed by atoms with Crippen LogP contribution in [0.1, 0.15) is 10.4 Å². The number of hydrazine groups is 1. The molecule has 0 aromatic heterocycles. The van der Waals surface area contributed by atoms with E-state index in [1.807, 2.05) is 42.5 Å². The predicted octanol–water partition coefficient (Wildman–Crippen LogP) is 2.59. The lowest BCUT2D eigenvalue weighted by molar-refractivity contribution is -0.129. The van der Waals surface area contributed by atoms with E-state index in [1.54, 1.807) is 12.1 Å². The summed E-state index contributed by atoms with van der Waals surface area (Å²) < 4.78 is 31.9. The lowest BCUT2D eigenvalue weighted by Crippen LogP contribution is -2.47. The van der Waals surface area contributed by atoms with E-state index >= 15 is 0 Å². The molecule has 164 valence electrons. The first-order valence-corrected chi connectivity index (χ1v) is 9.51. The zero-order valence-electron chi connectivity index (χ0n) is 16.7. The molecule has 3 aromatic rings. The number of ether oxygens (including phenoxy) is 1. The molecule has 0 heterocycles. The van der Waals surface area contributed by atoms with Gasteiger partial charge in [-0.25, -0.2) is 8.78 Å². The van der Waals surface area contributed by atoms with Crippen molar-refractivity contribution in [3.05, 3.63) is 90.0 Å². The molecular formula is C23H19F2N3O4. The fraction of sp³-hybridized carbons (Fsp3) is 0.0870. The largest absolute Gasteiger partial charge is 0.483 e. The van der Waals surface area contributed by atoms with Crippen LogP contribution in [0.25, 0.3) is 11.1 Å². The lowest BCUT2D eigenvalue weighted by atomic mass is 10.1. The minimum atomic E-state index is -0.916. The SMILES string of the molecule is O=C(CNC(=O)c1cc(F)cc(F)c1)NNC(=O)COc1ccccc1-c1ccccc1. The maximum absolute atomic E-state index is 13.2. The molecule has 0 atom stereocenters. The zero-order chi connectivity index (χ0) is 22.9. The highest BCUT2D eigenvalue weighted by Crippen LogP contribution is 2.29. The summed E-state index contributed by atoms with van der Waals surface area (Å²) in [5.74, 6) is -3.55. The Kier molecular flexibility index (Phi) is 7.47. The summed E-state index contributed by atoms with van der Waals surface area (Å²) in [6.45, 7) is -0.881. The average molecular weight is 439 g/mol. The van der Waals surface area contributed by atoms with Crippen molar-refractivity contribution in [1.29, 1.82) is 0 Å². The zero-order valence-corrected chi connectivity index (χ0v) is 16.7. The third-order valence-electron chi connectivity index (χ3n) is 4.21. The van der Waals surface area contributed by atoms with Crippen LogP contribution in [0.15, 0.2) is 72.8 Å². The van der Waals surface area contributed by atoms with E-state index in [-0.39, 0.29) is 12.2 Å². The molecule has 0 spiro atoms. The van der Waals surface area contributed by atoms with Crippen LogP contribution in [0.2, 0.25) is 0 Å². The summed E-state index contributed by atoms with van der Waals surface area (Å²) in [7, 11) is 0. The minimum absolute atomic E-state index is 0.273. The van der Waals surface area contributed by atoms with Crippen molar-refractivity contribution in [2.24, 2.45) is 0 Å². The summed E-state index contributed by atoms with van der Waals surface area (Å²) in [5.41, 5.74) is 5.73. The molecule has 3 aromatic carbocycles. The topological polar surface area (TPSA) is 96.5 Å². The molecule has 3 N–H and O–H groups in total. The Balaban J connectivity index is 1.44. The van der Waals surface area contributed by atoms with Crippen LogP contribution in [0.5, 0.6) is 5.75 Å². The number of carbonyl (C=O) groups is 3. The van der Waals surface area contributed by atoms with Crippen molar-refractivity contribution in [3.8, 4) is 16.9 Å². The van der Waals surface area contributed by atoms with E-state index in [9.17, 15) is 23.2 Å². The molecule has 7 nitrogen and oxygen atoms in total. The number of rotatable bonds is 7. The Morgan fingerprint density at radius 1 is 0.781 bits per heavy atom. The van der Waals surface area contributed by atoms with Gasteiger partial charge in [0.25, 0.3) is 17.7 Å².